The van der Waals surface area contributed by atoms with Crippen LogP contribution in [0.2, 0.25) is 5.02 Å². The second kappa shape index (κ2) is 5.20. The lowest BCUT2D eigenvalue weighted by molar-refractivity contribution is 0.255. The Morgan fingerprint density at radius 3 is 2.80 bits per heavy atom. The number of nitrogens with one attached hydrogen (secondary N) is 1. The van der Waals surface area contributed by atoms with E-state index in [1.165, 1.54) is 19.2 Å². The van der Waals surface area contributed by atoms with Crippen molar-refractivity contribution in [3.8, 4) is 0 Å². The van der Waals surface area contributed by atoms with Crippen LogP contribution in [0, 0.1) is 5.92 Å². The van der Waals surface area contributed by atoms with Crippen LogP contribution in [-0.2, 0) is 9.84 Å². The lowest BCUT2D eigenvalue weighted by Gasteiger charge is -2.32. The molecule has 2 aliphatic heterocycles. The summed E-state index contributed by atoms with van der Waals surface area (Å²) in [5, 5.41) is 4.05. The standard InChI is InChI=1S/C14H19ClN2O2S/c1-20(18,19)11-2-3-12(15)14(8-11)16-13-5-7-17-6-4-10(13)9-17/h2-3,8,10,13,16H,4-7,9H2,1H3. The predicted octanol–water partition coefficient (Wildman–Crippen LogP) is 2.25. The van der Waals surface area contributed by atoms with Crippen molar-refractivity contribution in [2.75, 3.05) is 31.2 Å². The zero-order valence-corrected chi connectivity index (χ0v) is 13.0. The molecule has 0 aliphatic carbocycles. The summed E-state index contributed by atoms with van der Waals surface area (Å²) >= 11 is 6.20. The van der Waals surface area contributed by atoms with Crippen molar-refractivity contribution in [1.82, 2.24) is 4.90 Å². The average molecular weight is 315 g/mol. The maximum absolute atomic E-state index is 11.6. The van der Waals surface area contributed by atoms with E-state index in [0.717, 1.165) is 25.2 Å². The van der Waals surface area contributed by atoms with E-state index < -0.39 is 9.84 Å². The summed E-state index contributed by atoms with van der Waals surface area (Å²) in [7, 11) is -3.20. The van der Waals surface area contributed by atoms with Gasteiger partial charge < -0.3 is 10.2 Å². The van der Waals surface area contributed by atoms with Gasteiger partial charge in [0.05, 0.1) is 15.6 Å². The third-order valence-corrected chi connectivity index (χ3v) is 5.78. The number of halogens is 1. The minimum absolute atomic E-state index is 0.313. The van der Waals surface area contributed by atoms with Crippen LogP contribution >= 0.6 is 11.6 Å². The van der Waals surface area contributed by atoms with Gasteiger partial charge in [0.15, 0.2) is 9.84 Å². The first-order chi connectivity index (χ1) is 9.43. The Kier molecular flexibility index (Phi) is 3.69. The lowest BCUT2D eigenvalue weighted by Crippen LogP contribution is -2.39. The van der Waals surface area contributed by atoms with Crippen LogP contribution in [0.25, 0.3) is 0 Å². The highest BCUT2D eigenvalue weighted by atomic mass is 35.5. The topological polar surface area (TPSA) is 49.4 Å². The third kappa shape index (κ3) is 2.80. The number of fused-ring (bicyclic) bond motifs is 2. The molecule has 3 unspecified atom stereocenters. The van der Waals surface area contributed by atoms with E-state index in [1.807, 2.05) is 0 Å². The summed E-state index contributed by atoms with van der Waals surface area (Å²) < 4.78 is 23.3. The molecule has 2 bridgehead atoms. The highest BCUT2D eigenvalue weighted by Gasteiger charge is 2.34. The van der Waals surface area contributed by atoms with E-state index in [9.17, 15) is 8.42 Å². The second-order valence-electron chi connectivity index (χ2n) is 5.80. The first-order valence-corrected chi connectivity index (χ1v) is 9.19. The third-order valence-electron chi connectivity index (χ3n) is 4.34. The van der Waals surface area contributed by atoms with Crippen LogP contribution in [0.3, 0.4) is 0 Å². The van der Waals surface area contributed by atoms with E-state index in [1.54, 1.807) is 18.2 Å². The van der Waals surface area contributed by atoms with Gasteiger partial charge in [-0.15, -0.1) is 0 Å². The Bertz CT molecular complexity index is 618. The molecular weight excluding hydrogens is 296 g/mol. The quantitative estimate of drug-likeness (QED) is 0.929. The molecule has 6 heteroatoms. The molecule has 1 N–H and O–H groups in total. The molecule has 0 amide bonds. The molecule has 20 heavy (non-hydrogen) atoms. The SMILES string of the molecule is CS(=O)(=O)c1ccc(Cl)c(NC2CCN3CCC2C3)c1. The van der Waals surface area contributed by atoms with Crippen molar-refractivity contribution in [2.45, 2.75) is 23.8 Å². The normalized spacial score (nSPS) is 29.4. The van der Waals surface area contributed by atoms with Crippen molar-refractivity contribution in [3.63, 3.8) is 0 Å². The van der Waals surface area contributed by atoms with E-state index in [2.05, 4.69) is 10.2 Å². The summed E-state index contributed by atoms with van der Waals surface area (Å²) in [6.07, 6.45) is 3.51. The molecule has 3 rings (SSSR count). The number of hydrogen-bond donors (Lipinski definition) is 1. The Balaban J connectivity index is 1.83. The molecule has 2 fully saturated rings. The van der Waals surface area contributed by atoms with Gasteiger partial charge >= 0.3 is 0 Å². The van der Waals surface area contributed by atoms with Crippen LogP contribution in [0.4, 0.5) is 5.69 Å². The zero-order valence-electron chi connectivity index (χ0n) is 11.5. The summed E-state index contributed by atoms with van der Waals surface area (Å²) in [6, 6.07) is 5.26. The van der Waals surface area contributed by atoms with Gasteiger partial charge in [-0.2, -0.15) is 0 Å². The van der Waals surface area contributed by atoms with Crippen molar-refractivity contribution in [3.05, 3.63) is 23.2 Å². The Hall–Kier alpha value is -0.780. The summed E-state index contributed by atoms with van der Waals surface area (Å²) in [4.78, 5) is 2.80. The molecule has 2 heterocycles. The number of rotatable bonds is 3. The Labute approximate surface area is 125 Å². The molecule has 0 spiro atoms. The molecule has 2 aliphatic rings. The molecule has 110 valence electrons. The first kappa shape index (κ1) is 14.2. The largest absolute Gasteiger partial charge is 0.381 e. The van der Waals surface area contributed by atoms with Crippen molar-refractivity contribution in [2.24, 2.45) is 5.92 Å². The number of piperidine rings is 1. The molecule has 0 aromatic heterocycles. The van der Waals surface area contributed by atoms with Gasteiger partial charge in [0.1, 0.15) is 0 Å². The van der Waals surface area contributed by atoms with Gasteiger partial charge in [-0.3, -0.25) is 0 Å². The lowest BCUT2D eigenvalue weighted by atomic mass is 9.94. The van der Waals surface area contributed by atoms with Gasteiger partial charge in [0.2, 0.25) is 0 Å². The van der Waals surface area contributed by atoms with E-state index in [4.69, 9.17) is 11.6 Å². The monoisotopic (exact) mass is 314 g/mol. The van der Waals surface area contributed by atoms with Gasteiger partial charge in [-0.25, -0.2) is 8.42 Å². The molecule has 1 aromatic rings. The molecule has 1 aromatic carbocycles. The second-order valence-corrected chi connectivity index (χ2v) is 8.23. The van der Waals surface area contributed by atoms with E-state index >= 15 is 0 Å². The molecule has 4 nitrogen and oxygen atoms in total. The predicted molar refractivity (Wildman–Crippen MR) is 81.1 cm³/mol. The molecule has 2 saturated heterocycles. The Morgan fingerprint density at radius 1 is 1.30 bits per heavy atom. The molecular formula is C14H19ClN2O2S. The maximum atomic E-state index is 11.6. The van der Waals surface area contributed by atoms with Crippen molar-refractivity contribution in [1.29, 1.82) is 0 Å². The number of sulfone groups is 1. The van der Waals surface area contributed by atoms with Crippen LogP contribution in [0.15, 0.2) is 23.1 Å². The van der Waals surface area contributed by atoms with E-state index in [0.29, 0.717) is 21.9 Å². The smallest absolute Gasteiger partial charge is 0.175 e. The van der Waals surface area contributed by atoms with Gasteiger partial charge in [0, 0.05) is 25.4 Å². The van der Waals surface area contributed by atoms with Gasteiger partial charge in [-0.1, -0.05) is 11.6 Å². The summed E-state index contributed by atoms with van der Waals surface area (Å²) in [5.74, 6) is 0.640. The minimum atomic E-state index is -3.20. The van der Waals surface area contributed by atoms with Crippen molar-refractivity contribution < 1.29 is 8.42 Å². The molecule has 0 radical (unpaired) electrons. The fraction of sp³-hybridized carbons (Fsp3) is 0.571. The fourth-order valence-corrected chi connectivity index (χ4v) is 4.01. The summed E-state index contributed by atoms with van der Waals surface area (Å²) in [6.45, 7) is 3.43. The maximum Gasteiger partial charge on any atom is 0.175 e. The number of nitrogens with zero attached hydrogens (tertiary/aromatic N) is 1. The number of anilines is 1. The number of hydrogen-bond acceptors (Lipinski definition) is 4. The molecule has 3 atom stereocenters. The van der Waals surface area contributed by atoms with Crippen LogP contribution < -0.4 is 5.32 Å². The zero-order chi connectivity index (χ0) is 14.3. The first-order valence-electron chi connectivity index (χ1n) is 6.92. The van der Waals surface area contributed by atoms with Gasteiger partial charge in [-0.05, 0) is 43.5 Å². The number of benzene rings is 1. The van der Waals surface area contributed by atoms with Crippen LogP contribution in [0.1, 0.15) is 12.8 Å². The van der Waals surface area contributed by atoms with Crippen LogP contribution in [-0.4, -0.2) is 45.2 Å². The highest BCUT2D eigenvalue weighted by Crippen LogP contribution is 2.32. The molecule has 0 saturated carbocycles. The highest BCUT2D eigenvalue weighted by molar-refractivity contribution is 7.90. The fourth-order valence-electron chi connectivity index (χ4n) is 3.19. The van der Waals surface area contributed by atoms with Crippen LogP contribution in [0.5, 0.6) is 0 Å². The minimum Gasteiger partial charge on any atom is -0.381 e. The average Bonchev–Trinajstić information content (AvgIpc) is 2.77. The van der Waals surface area contributed by atoms with Crippen molar-refractivity contribution >= 4 is 27.1 Å². The van der Waals surface area contributed by atoms with E-state index in [-0.39, 0.29) is 0 Å². The summed E-state index contributed by atoms with van der Waals surface area (Å²) in [5.41, 5.74) is 0.736. The Morgan fingerprint density at radius 2 is 2.05 bits per heavy atom. The van der Waals surface area contributed by atoms with Gasteiger partial charge in [0.25, 0.3) is 0 Å².